The molecular formula is C26H25N3O. The van der Waals surface area contributed by atoms with Crippen molar-refractivity contribution in [2.45, 2.75) is 32.8 Å². The quantitative estimate of drug-likeness (QED) is 0.414. The van der Waals surface area contributed by atoms with Crippen molar-refractivity contribution >= 4 is 22.4 Å². The van der Waals surface area contributed by atoms with Crippen LogP contribution in [0.5, 0.6) is 5.75 Å². The Bertz CT molecular complexity index is 1180. The lowest BCUT2D eigenvalue weighted by Crippen LogP contribution is -2.25. The predicted octanol–water partition coefficient (Wildman–Crippen LogP) is 6.17. The van der Waals surface area contributed by atoms with Crippen LogP contribution in [0.3, 0.4) is 0 Å². The molecule has 0 saturated heterocycles. The molecule has 0 N–H and O–H groups in total. The van der Waals surface area contributed by atoms with Crippen LogP contribution in [-0.4, -0.2) is 22.6 Å². The van der Waals surface area contributed by atoms with Gasteiger partial charge in [-0.25, -0.2) is 9.97 Å². The molecule has 0 aliphatic carbocycles. The smallest absolute Gasteiger partial charge is 0.162 e. The molecule has 4 heteroatoms. The molecule has 30 heavy (non-hydrogen) atoms. The zero-order valence-electron chi connectivity index (χ0n) is 17.4. The summed E-state index contributed by atoms with van der Waals surface area (Å²) in [5, 5.41) is 1.08. The van der Waals surface area contributed by atoms with E-state index < -0.39 is 0 Å². The highest BCUT2D eigenvalue weighted by atomic mass is 16.5. The number of aromatic nitrogens is 2. The summed E-state index contributed by atoms with van der Waals surface area (Å²) in [6, 6.07) is 25.0. The molecule has 2 heterocycles. The van der Waals surface area contributed by atoms with E-state index in [0.717, 1.165) is 53.2 Å². The van der Waals surface area contributed by atoms with E-state index in [1.165, 1.54) is 11.3 Å². The van der Waals surface area contributed by atoms with Gasteiger partial charge in [-0.2, -0.15) is 0 Å². The maximum atomic E-state index is 5.78. The molecule has 4 nitrogen and oxygen atoms in total. The second kappa shape index (κ2) is 7.79. The highest BCUT2D eigenvalue weighted by Crippen LogP contribution is 2.37. The van der Waals surface area contributed by atoms with Crippen molar-refractivity contribution in [3.63, 3.8) is 0 Å². The van der Waals surface area contributed by atoms with E-state index in [-0.39, 0.29) is 6.10 Å². The molecule has 0 atom stereocenters. The van der Waals surface area contributed by atoms with E-state index in [9.17, 15) is 0 Å². The van der Waals surface area contributed by atoms with Crippen molar-refractivity contribution in [2.75, 3.05) is 11.4 Å². The first-order chi connectivity index (χ1) is 14.7. The van der Waals surface area contributed by atoms with E-state index in [1.54, 1.807) is 0 Å². The molecule has 4 aromatic rings. The number of para-hydroxylation sites is 2. The van der Waals surface area contributed by atoms with Gasteiger partial charge in [0.05, 0.1) is 11.6 Å². The average Bonchev–Trinajstić information content (AvgIpc) is 2.78. The summed E-state index contributed by atoms with van der Waals surface area (Å²) < 4.78 is 5.78. The fourth-order valence-corrected chi connectivity index (χ4v) is 4.10. The molecule has 3 aromatic carbocycles. The molecule has 0 unspecified atom stereocenters. The van der Waals surface area contributed by atoms with Crippen LogP contribution in [-0.2, 0) is 6.42 Å². The minimum atomic E-state index is 0.151. The van der Waals surface area contributed by atoms with Gasteiger partial charge in [0.25, 0.3) is 0 Å². The summed E-state index contributed by atoms with van der Waals surface area (Å²) >= 11 is 0. The fourth-order valence-electron chi connectivity index (χ4n) is 4.10. The Kier molecular flexibility index (Phi) is 4.83. The lowest BCUT2D eigenvalue weighted by molar-refractivity contribution is 0.242. The number of aryl methyl sites for hydroxylation is 1. The van der Waals surface area contributed by atoms with Crippen molar-refractivity contribution in [1.82, 2.24) is 9.97 Å². The molecule has 1 aliphatic heterocycles. The molecule has 0 amide bonds. The SMILES string of the molecule is CC(C)Oc1ccc(-c2nc(N3CCCc4ccccc43)c3ccccc3n2)cc1. The molecule has 0 spiro atoms. The number of benzene rings is 3. The zero-order chi connectivity index (χ0) is 20.5. The normalized spacial score (nSPS) is 13.5. The van der Waals surface area contributed by atoms with Crippen LogP contribution in [0.15, 0.2) is 72.8 Å². The standard InChI is InChI=1S/C26H25N3O/c1-18(2)30-21-15-13-20(14-16-21)25-27-23-11-5-4-10-22(23)26(28-25)29-17-7-9-19-8-3-6-12-24(19)29/h3-6,8,10-16,18H,7,9,17H2,1-2H3. The Morgan fingerprint density at radius 2 is 1.63 bits per heavy atom. The third kappa shape index (κ3) is 3.50. The van der Waals surface area contributed by atoms with E-state index in [0.29, 0.717) is 0 Å². The van der Waals surface area contributed by atoms with Crippen molar-refractivity contribution in [3.8, 4) is 17.1 Å². The number of nitrogens with zero attached hydrogens (tertiary/aromatic N) is 3. The summed E-state index contributed by atoms with van der Waals surface area (Å²) in [6.45, 7) is 5.02. The number of ether oxygens (including phenoxy) is 1. The van der Waals surface area contributed by atoms with Crippen LogP contribution >= 0.6 is 0 Å². The van der Waals surface area contributed by atoms with Gasteiger partial charge in [-0.3, -0.25) is 0 Å². The van der Waals surface area contributed by atoms with Gasteiger partial charge >= 0.3 is 0 Å². The molecule has 5 rings (SSSR count). The van der Waals surface area contributed by atoms with Gasteiger partial charge in [-0.15, -0.1) is 0 Å². The van der Waals surface area contributed by atoms with Gasteiger partial charge in [0.1, 0.15) is 11.6 Å². The van der Waals surface area contributed by atoms with Crippen molar-refractivity contribution in [2.24, 2.45) is 0 Å². The third-order valence-electron chi connectivity index (χ3n) is 5.43. The maximum absolute atomic E-state index is 5.78. The molecular weight excluding hydrogens is 370 g/mol. The molecule has 150 valence electrons. The first kappa shape index (κ1) is 18.6. The van der Waals surface area contributed by atoms with E-state index >= 15 is 0 Å². The Labute approximate surface area is 177 Å². The van der Waals surface area contributed by atoms with Crippen molar-refractivity contribution in [1.29, 1.82) is 0 Å². The molecule has 0 saturated carbocycles. The van der Waals surface area contributed by atoms with Crippen LogP contribution in [0.1, 0.15) is 25.8 Å². The Hall–Kier alpha value is -3.40. The minimum absolute atomic E-state index is 0.151. The number of hydrogen-bond acceptors (Lipinski definition) is 4. The van der Waals surface area contributed by atoms with Gasteiger partial charge in [0.15, 0.2) is 5.82 Å². The van der Waals surface area contributed by atoms with Gasteiger partial charge in [-0.1, -0.05) is 30.3 Å². The van der Waals surface area contributed by atoms with Gasteiger partial charge in [-0.05, 0) is 74.7 Å². The Morgan fingerprint density at radius 3 is 2.47 bits per heavy atom. The summed E-state index contributed by atoms with van der Waals surface area (Å²) in [5.41, 5.74) is 4.58. The maximum Gasteiger partial charge on any atom is 0.162 e. The molecule has 0 radical (unpaired) electrons. The highest BCUT2D eigenvalue weighted by molar-refractivity contribution is 5.93. The predicted molar refractivity (Wildman–Crippen MR) is 123 cm³/mol. The zero-order valence-corrected chi connectivity index (χ0v) is 17.4. The first-order valence-electron chi connectivity index (χ1n) is 10.6. The largest absolute Gasteiger partial charge is 0.491 e. The van der Waals surface area contributed by atoms with Gasteiger partial charge in [0, 0.05) is 23.2 Å². The van der Waals surface area contributed by atoms with Gasteiger partial charge < -0.3 is 9.64 Å². The summed E-state index contributed by atoms with van der Waals surface area (Å²) in [7, 11) is 0. The topological polar surface area (TPSA) is 38.2 Å². The molecule has 1 aromatic heterocycles. The van der Waals surface area contributed by atoms with Crippen molar-refractivity contribution < 1.29 is 4.74 Å². The minimum Gasteiger partial charge on any atom is -0.491 e. The van der Waals surface area contributed by atoms with Crippen LogP contribution in [0.2, 0.25) is 0 Å². The third-order valence-corrected chi connectivity index (χ3v) is 5.43. The summed E-state index contributed by atoms with van der Waals surface area (Å²) in [5.74, 6) is 2.58. The lowest BCUT2D eigenvalue weighted by atomic mass is 10.0. The molecule has 1 aliphatic rings. The van der Waals surface area contributed by atoms with Crippen LogP contribution in [0, 0.1) is 0 Å². The Morgan fingerprint density at radius 1 is 0.867 bits per heavy atom. The fraction of sp³-hybridized carbons (Fsp3) is 0.231. The molecule has 0 bridgehead atoms. The second-order valence-corrected chi connectivity index (χ2v) is 7.96. The average molecular weight is 396 g/mol. The highest BCUT2D eigenvalue weighted by Gasteiger charge is 2.22. The van der Waals surface area contributed by atoms with E-state index in [2.05, 4.69) is 47.4 Å². The number of rotatable bonds is 4. The Balaban J connectivity index is 1.63. The van der Waals surface area contributed by atoms with Crippen LogP contribution in [0.4, 0.5) is 11.5 Å². The van der Waals surface area contributed by atoms with E-state index in [1.807, 2.05) is 44.2 Å². The first-order valence-corrected chi connectivity index (χ1v) is 10.6. The number of hydrogen-bond donors (Lipinski definition) is 0. The summed E-state index contributed by atoms with van der Waals surface area (Å²) in [4.78, 5) is 12.3. The lowest BCUT2D eigenvalue weighted by Gasteiger charge is -2.31. The van der Waals surface area contributed by atoms with Crippen LogP contribution in [0.25, 0.3) is 22.3 Å². The summed E-state index contributed by atoms with van der Waals surface area (Å²) in [6.07, 6.45) is 2.38. The monoisotopic (exact) mass is 395 g/mol. The number of anilines is 2. The number of fused-ring (bicyclic) bond motifs is 2. The molecule has 0 fully saturated rings. The van der Waals surface area contributed by atoms with Crippen LogP contribution < -0.4 is 9.64 Å². The van der Waals surface area contributed by atoms with E-state index in [4.69, 9.17) is 14.7 Å². The van der Waals surface area contributed by atoms with Crippen molar-refractivity contribution in [3.05, 3.63) is 78.4 Å². The van der Waals surface area contributed by atoms with Gasteiger partial charge in [0.2, 0.25) is 0 Å². The second-order valence-electron chi connectivity index (χ2n) is 7.96.